The highest BCUT2D eigenvalue weighted by atomic mass is 35.5. The Bertz CT molecular complexity index is 618. The van der Waals surface area contributed by atoms with Gasteiger partial charge in [0.1, 0.15) is 28.7 Å². The van der Waals surface area contributed by atoms with Gasteiger partial charge >= 0.3 is 0 Å². The highest BCUT2D eigenvalue weighted by Gasteiger charge is 2.11. The van der Waals surface area contributed by atoms with E-state index >= 15 is 0 Å². The first-order chi connectivity index (χ1) is 9.05. The van der Waals surface area contributed by atoms with E-state index in [9.17, 15) is 13.6 Å². The number of rotatable bonds is 3. The van der Waals surface area contributed by atoms with Crippen LogP contribution in [0.25, 0.3) is 11.1 Å². The van der Waals surface area contributed by atoms with Crippen molar-refractivity contribution < 1.29 is 18.3 Å². The van der Waals surface area contributed by atoms with Crippen molar-refractivity contribution in [2.45, 2.75) is 0 Å². The van der Waals surface area contributed by atoms with Crippen molar-refractivity contribution in [3.8, 4) is 16.9 Å². The summed E-state index contributed by atoms with van der Waals surface area (Å²) in [5.74, 6) is -1.28. The average Bonchev–Trinajstić information content (AvgIpc) is 2.43. The Morgan fingerprint density at radius 1 is 1.05 bits per heavy atom. The van der Waals surface area contributed by atoms with Crippen LogP contribution in [-0.2, 0) is 0 Å². The van der Waals surface area contributed by atoms with Crippen LogP contribution in [0.1, 0.15) is 10.4 Å². The fourth-order valence-corrected chi connectivity index (χ4v) is 1.81. The lowest BCUT2D eigenvalue weighted by Gasteiger charge is -2.08. The monoisotopic (exact) mass is 282 g/mol. The molecule has 0 heterocycles. The van der Waals surface area contributed by atoms with Gasteiger partial charge in [0.05, 0.1) is 7.11 Å². The predicted octanol–water partition coefficient (Wildman–Crippen LogP) is 4.11. The Morgan fingerprint density at radius 2 is 1.63 bits per heavy atom. The molecule has 0 saturated heterocycles. The molecular formula is C14H9ClF2O2. The van der Waals surface area contributed by atoms with Gasteiger partial charge in [0.2, 0.25) is 0 Å². The van der Waals surface area contributed by atoms with Crippen LogP contribution >= 0.6 is 11.6 Å². The molecule has 0 amide bonds. The lowest BCUT2D eigenvalue weighted by molar-refractivity contribution is 0.112. The summed E-state index contributed by atoms with van der Waals surface area (Å²) < 4.78 is 31.9. The summed E-state index contributed by atoms with van der Waals surface area (Å²) in [4.78, 5) is 10.8. The van der Waals surface area contributed by atoms with E-state index in [0.29, 0.717) is 23.2 Å². The maximum absolute atomic E-state index is 13.4. The Labute approximate surface area is 113 Å². The summed E-state index contributed by atoms with van der Waals surface area (Å²) in [6, 6.07) is 6.83. The van der Waals surface area contributed by atoms with Gasteiger partial charge in [-0.25, -0.2) is 8.78 Å². The van der Waals surface area contributed by atoms with Crippen LogP contribution in [0.5, 0.6) is 5.75 Å². The van der Waals surface area contributed by atoms with E-state index in [0.717, 1.165) is 12.1 Å². The molecule has 0 spiro atoms. The maximum Gasteiger partial charge on any atom is 0.150 e. The molecule has 0 atom stereocenters. The fraction of sp³-hybridized carbons (Fsp3) is 0.0714. The van der Waals surface area contributed by atoms with E-state index in [2.05, 4.69) is 0 Å². The second kappa shape index (κ2) is 5.36. The topological polar surface area (TPSA) is 26.3 Å². The highest BCUT2D eigenvalue weighted by molar-refractivity contribution is 6.31. The molecule has 2 aromatic rings. The molecular weight excluding hydrogens is 274 g/mol. The van der Waals surface area contributed by atoms with E-state index in [4.69, 9.17) is 16.3 Å². The summed E-state index contributed by atoms with van der Waals surface area (Å²) in [6.45, 7) is 0. The van der Waals surface area contributed by atoms with Gasteiger partial charge in [-0.2, -0.15) is 0 Å². The first-order valence-electron chi connectivity index (χ1n) is 5.34. The summed E-state index contributed by atoms with van der Waals surface area (Å²) in [6.07, 6.45) is 0.634. The zero-order chi connectivity index (χ0) is 14.0. The molecule has 0 fully saturated rings. The van der Waals surface area contributed by atoms with Crippen molar-refractivity contribution in [1.29, 1.82) is 0 Å². The fourth-order valence-electron chi connectivity index (χ4n) is 1.70. The van der Waals surface area contributed by atoms with Gasteiger partial charge < -0.3 is 4.74 Å². The second-order valence-electron chi connectivity index (χ2n) is 3.87. The number of hydrogen-bond acceptors (Lipinski definition) is 2. The lowest BCUT2D eigenvalue weighted by atomic mass is 10.0. The van der Waals surface area contributed by atoms with Gasteiger partial charge in [0, 0.05) is 5.56 Å². The third-order valence-electron chi connectivity index (χ3n) is 2.62. The minimum Gasteiger partial charge on any atom is -0.497 e. The Morgan fingerprint density at radius 3 is 2.16 bits per heavy atom. The van der Waals surface area contributed by atoms with Gasteiger partial charge in [-0.1, -0.05) is 11.6 Å². The third kappa shape index (κ3) is 2.74. The molecule has 0 unspecified atom stereocenters. The predicted molar refractivity (Wildman–Crippen MR) is 68.7 cm³/mol. The SMILES string of the molecule is COc1cc(C=O)cc(-c2cc(F)c(Cl)c(F)c2)c1. The molecule has 0 aliphatic rings. The van der Waals surface area contributed by atoms with E-state index in [1.54, 1.807) is 6.07 Å². The average molecular weight is 283 g/mol. The standard InChI is InChI=1S/C14H9ClF2O2/c1-19-11-3-8(7-18)2-9(4-11)10-5-12(16)14(15)13(17)6-10/h2-7H,1H3. The molecule has 0 aliphatic heterocycles. The molecule has 19 heavy (non-hydrogen) atoms. The normalized spacial score (nSPS) is 10.3. The van der Waals surface area contributed by atoms with Crippen molar-refractivity contribution in [1.82, 2.24) is 0 Å². The Hall–Kier alpha value is -1.94. The lowest BCUT2D eigenvalue weighted by Crippen LogP contribution is -1.91. The van der Waals surface area contributed by atoms with Crippen molar-refractivity contribution in [2.24, 2.45) is 0 Å². The van der Waals surface area contributed by atoms with Crippen molar-refractivity contribution >= 4 is 17.9 Å². The highest BCUT2D eigenvalue weighted by Crippen LogP contribution is 2.30. The summed E-state index contributed by atoms with van der Waals surface area (Å²) in [5.41, 5.74) is 1.10. The number of benzene rings is 2. The van der Waals surface area contributed by atoms with Crippen LogP contribution < -0.4 is 4.74 Å². The number of carbonyl (C=O) groups is 1. The molecule has 5 heteroatoms. The zero-order valence-corrected chi connectivity index (χ0v) is 10.7. The molecule has 0 N–H and O–H groups in total. The zero-order valence-electron chi connectivity index (χ0n) is 9.91. The van der Waals surface area contributed by atoms with Crippen LogP contribution in [0.15, 0.2) is 30.3 Å². The number of hydrogen-bond donors (Lipinski definition) is 0. The minimum absolute atomic E-state index is 0.279. The van der Waals surface area contributed by atoms with Crippen LogP contribution in [0.2, 0.25) is 5.02 Å². The van der Waals surface area contributed by atoms with Gasteiger partial charge in [0.15, 0.2) is 0 Å². The number of halogens is 3. The first kappa shape index (κ1) is 13.5. The van der Waals surface area contributed by atoms with Gasteiger partial charge in [0.25, 0.3) is 0 Å². The summed E-state index contributed by atoms with van der Waals surface area (Å²) in [5, 5.41) is -0.553. The van der Waals surface area contributed by atoms with Crippen molar-refractivity contribution in [3.05, 3.63) is 52.6 Å². The van der Waals surface area contributed by atoms with Crippen molar-refractivity contribution in [3.63, 3.8) is 0 Å². The second-order valence-corrected chi connectivity index (χ2v) is 4.24. The summed E-state index contributed by atoms with van der Waals surface area (Å²) in [7, 11) is 1.44. The molecule has 0 aliphatic carbocycles. The number of methoxy groups -OCH3 is 1. The molecule has 2 aromatic carbocycles. The first-order valence-corrected chi connectivity index (χ1v) is 5.72. The molecule has 0 bridgehead atoms. The maximum atomic E-state index is 13.4. The molecule has 2 rings (SSSR count). The number of carbonyl (C=O) groups excluding carboxylic acids is 1. The van der Waals surface area contributed by atoms with Gasteiger partial charge in [-0.15, -0.1) is 0 Å². The van der Waals surface area contributed by atoms with Crippen LogP contribution in [-0.4, -0.2) is 13.4 Å². The van der Waals surface area contributed by atoms with Crippen LogP contribution in [0, 0.1) is 11.6 Å². The number of aldehydes is 1. The largest absolute Gasteiger partial charge is 0.497 e. The van der Waals surface area contributed by atoms with Crippen LogP contribution in [0.4, 0.5) is 8.78 Å². The summed E-state index contributed by atoms with van der Waals surface area (Å²) >= 11 is 5.42. The van der Waals surface area contributed by atoms with Gasteiger partial charge in [-0.3, -0.25) is 4.79 Å². The molecule has 0 radical (unpaired) electrons. The van der Waals surface area contributed by atoms with E-state index < -0.39 is 16.7 Å². The van der Waals surface area contributed by atoms with Crippen LogP contribution in [0.3, 0.4) is 0 Å². The van der Waals surface area contributed by atoms with E-state index in [1.807, 2.05) is 0 Å². The van der Waals surface area contributed by atoms with E-state index in [1.165, 1.54) is 19.2 Å². The third-order valence-corrected chi connectivity index (χ3v) is 2.98. The molecule has 98 valence electrons. The molecule has 2 nitrogen and oxygen atoms in total. The Balaban J connectivity index is 2.61. The minimum atomic E-state index is -0.855. The van der Waals surface area contributed by atoms with Crippen molar-refractivity contribution in [2.75, 3.05) is 7.11 Å². The smallest absolute Gasteiger partial charge is 0.150 e. The quantitative estimate of drug-likeness (QED) is 0.626. The molecule has 0 saturated carbocycles. The number of ether oxygens (including phenoxy) is 1. The molecule has 0 aromatic heterocycles. The van der Waals surface area contributed by atoms with Gasteiger partial charge in [-0.05, 0) is 41.5 Å². The van der Waals surface area contributed by atoms with E-state index in [-0.39, 0.29) is 5.56 Å². The Kier molecular flexibility index (Phi) is 3.81.